The van der Waals surface area contributed by atoms with Crippen LogP contribution in [0.3, 0.4) is 0 Å². The van der Waals surface area contributed by atoms with Crippen molar-refractivity contribution in [3.8, 4) is 11.5 Å². The highest BCUT2D eigenvalue weighted by atomic mass is 19.3. The number of benzene rings is 2. The number of hydrogen-bond donors (Lipinski definition) is 2. The number of hydrogen-bond acceptors (Lipinski definition) is 4. The highest BCUT2D eigenvalue weighted by molar-refractivity contribution is 5.79. The molecule has 1 atom stereocenters. The summed E-state index contributed by atoms with van der Waals surface area (Å²) in [6.07, 6.45) is 0. The van der Waals surface area contributed by atoms with Crippen LogP contribution in [0.15, 0.2) is 53.5 Å². The number of alkyl halides is 2. The molecule has 6 nitrogen and oxygen atoms in total. The third-order valence-corrected chi connectivity index (χ3v) is 4.26. The Morgan fingerprint density at radius 1 is 1.03 bits per heavy atom. The Morgan fingerprint density at radius 3 is 2.47 bits per heavy atom. The van der Waals surface area contributed by atoms with Crippen LogP contribution in [0.25, 0.3) is 0 Å². The highest BCUT2D eigenvalue weighted by Crippen LogP contribution is 2.29. The van der Waals surface area contributed by atoms with Crippen molar-refractivity contribution in [2.45, 2.75) is 26.7 Å². The van der Waals surface area contributed by atoms with Crippen LogP contribution in [0.4, 0.5) is 8.78 Å². The predicted molar refractivity (Wildman–Crippen MR) is 113 cm³/mol. The van der Waals surface area contributed by atoms with Crippen LogP contribution in [-0.4, -0.2) is 39.9 Å². The van der Waals surface area contributed by atoms with E-state index in [2.05, 4.69) is 27.3 Å². The molecule has 0 amide bonds. The van der Waals surface area contributed by atoms with Gasteiger partial charge in [-0.1, -0.05) is 43.3 Å². The van der Waals surface area contributed by atoms with E-state index in [0.29, 0.717) is 32.3 Å². The first-order valence-electron chi connectivity index (χ1n) is 9.69. The Balaban J connectivity index is 1.76. The summed E-state index contributed by atoms with van der Waals surface area (Å²) >= 11 is 0. The fourth-order valence-corrected chi connectivity index (χ4v) is 2.71. The van der Waals surface area contributed by atoms with Gasteiger partial charge in [0.25, 0.3) is 0 Å². The van der Waals surface area contributed by atoms with Crippen molar-refractivity contribution in [3.05, 3.63) is 59.7 Å². The number of aliphatic imine (C=N–C) groups is 1. The minimum atomic E-state index is -2.91. The first-order chi connectivity index (χ1) is 14.5. The van der Waals surface area contributed by atoms with E-state index in [4.69, 9.17) is 9.47 Å². The zero-order valence-corrected chi connectivity index (χ0v) is 17.5. The maximum Gasteiger partial charge on any atom is 0.387 e. The molecule has 2 aromatic carbocycles. The summed E-state index contributed by atoms with van der Waals surface area (Å²) in [5.41, 5.74) is 1.90. The molecule has 8 heteroatoms. The van der Waals surface area contributed by atoms with Crippen LogP contribution >= 0.6 is 0 Å². The first-order valence-corrected chi connectivity index (χ1v) is 9.69. The molecule has 0 saturated carbocycles. The van der Waals surface area contributed by atoms with E-state index in [1.807, 2.05) is 30.3 Å². The summed E-state index contributed by atoms with van der Waals surface area (Å²) in [5, 5.41) is 6.40. The molecule has 0 radical (unpaired) electrons. The third-order valence-electron chi connectivity index (χ3n) is 4.26. The molecular weight excluding hydrogens is 392 g/mol. The second-order valence-electron chi connectivity index (χ2n) is 6.78. The Labute approximate surface area is 176 Å². The van der Waals surface area contributed by atoms with Crippen LogP contribution in [0.5, 0.6) is 11.5 Å². The standard InChI is InChI=1S/C22H29F2N3O3/c1-16(14-29-15-17-7-5-4-6-8-17)12-26-22(25-2)27-13-18-9-10-19(28-3)20(11-18)30-21(23)24/h4-11,16,21H,12-15H2,1-3H3,(H2,25,26,27). The summed E-state index contributed by atoms with van der Waals surface area (Å²) in [6.45, 7) is 1.44. The lowest BCUT2D eigenvalue weighted by Crippen LogP contribution is -2.39. The molecule has 2 aromatic rings. The van der Waals surface area contributed by atoms with Crippen molar-refractivity contribution in [1.82, 2.24) is 10.6 Å². The van der Waals surface area contributed by atoms with Crippen molar-refractivity contribution >= 4 is 5.96 Å². The summed E-state index contributed by atoms with van der Waals surface area (Å²) < 4.78 is 40.4. The van der Waals surface area contributed by atoms with Gasteiger partial charge >= 0.3 is 6.61 Å². The lowest BCUT2D eigenvalue weighted by Gasteiger charge is -2.17. The fraction of sp³-hybridized carbons (Fsp3) is 0.409. The topological polar surface area (TPSA) is 64.1 Å². The molecule has 0 aliphatic carbocycles. The molecule has 164 valence electrons. The summed E-state index contributed by atoms with van der Waals surface area (Å²) in [6, 6.07) is 14.9. The second kappa shape index (κ2) is 12.6. The lowest BCUT2D eigenvalue weighted by atomic mass is 10.2. The van der Waals surface area contributed by atoms with E-state index in [1.165, 1.54) is 13.2 Å². The average Bonchev–Trinajstić information content (AvgIpc) is 2.74. The summed E-state index contributed by atoms with van der Waals surface area (Å²) in [4.78, 5) is 4.19. The molecular formula is C22H29F2N3O3. The van der Waals surface area contributed by atoms with Crippen LogP contribution in [0.1, 0.15) is 18.1 Å². The van der Waals surface area contributed by atoms with Gasteiger partial charge in [-0.3, -0.25) is 4.99 Å². The smallest absolute Gasteiger partial charge is 0.387 e. The number of rotatable bonds is 11. The largest absolute Gasteiger partial charge is 0.493 e. The molecule has 0 heterocycles. The van der Waals surface area contributed by atoms with Crippen LogP contribution in [0.2, 0.25) is 0 Å². The van der Waals surface area contributed by atoms with Gasteiger partial charge in [-0.15, -0.1) is 0 Å². The molecule has 1 unspecified atom stereocenters. The molecule has 30 heavy (non-hydrogen) atoms. The second-order valence-corrected chi connectivity index (χ2v) is 6.78. The molecule has 0 spiro atoms. The molecule has 2 rings (SSSR count). The third kappa shape index (κ3) is 8.24. The summed E-state index contributed by atoms with van der Waals surface area (Å²) in [5.74, 6) is 1.14. The van der Waals surface area contributed by atoms with E-state index >= 15 is 0 Å². The average molecular weight is 421 g/mol. The molecule has 0 bridgehead atoms. The maximum absolute atomic E-state index is 12.6. The number of nitrogens with zero attached hydrogens (tertiary/aromatic N) is 1. The minimum Gasteiger partial charge on any atom is -0.493 e. The summed E-state index contributed by atoms with van der Waals surface area (Å²) in [7, 11) is 3.08. The van der Waals surface area contributed by atoms with Gasteiger partial charge in [-0.05, 0) is 29.2 Å². The molecule has 0 fully saturated rings. The van der Waals surface area contributed by atoms with Gasteiger partial charge in [0.15, 0.2) is 17.5 Å². The number of halogens is 2. The number of guanidine groups is 1. The van der Waals surface area contributed by atoms with Crippen molar-refractivity contribution in [2.24, 2.45) is 10.9 Å². The number of methoxy groups -OCH3 is 1. The van der Waals surface area contributed by atoms with Gasteiger partial charge in [0.1, 0.15) is 0 Å². The SMILES string of the molecule is CN=C(NCc1ccc(OC)c(OC(F)F)c1)NCC(C)COCc1ccccc1. The zero-order chi connectivity index (χ0) is 21.8. The van der Waals surface area contributed by atoms with E-state index in [0.717, 1.165) is 11.1 Å². The maximum atomic E-state index is 12.6. The fourth-order valence-electron chi connectivity index (χ4n) is 2.71. The van der Waals surface area contributed by atoms with Crippen LogP contribution in [-0.2, 0) is 17.9 Å². The molecule has 0 saturated heterocycles. The Bertz CT molecular complexity index is 788. The molecule has 2 N–H and O–H groups in total. The van der Waals surface area contributed by atoms with E-state index < -0.39 is 6.61 Å². The van der Waals surface area contributed by atoms with Crippen molar-refractivity contribution < 1.29 is 23.0 Å². The lowest BCUT2D eigenvalue weighted by molar-refractivity contribution is -0.0512. The van der Waals surface area contributed by atoms with Gasteiger partial charge in [0.2, 0.25) is 0 Å². The highest BCUT2D eigenvalue weighted by Gasteiger charge is 2.12. The molecule has 0 aliphatic rings. The quantitative estimate of drug-likeness (QED) is 0.427. The van der Waals surface area contributed by atoms with Crippen LogP contribution < -0.4 is 20.1 Å². The zero-order valence-electron chi connectivity index (χ0n) is 17.5. The van der Waals surface area contributed by atoms with Crippen molar-refractivity contribution in [3.63, 3.8) is 0 Å². The molecule has 0 aromatic heterocycles. The van der Waals surface area contributed by atoms with Gasteiger partial charge in [-0.2, -0.15) is 8.78 Å². The van der Waals surface area contributed by atoms with Crippen molar-refractivity contribution in [1.29, 1.82) is 0 Å². The Morgan fingerprint density at radius 2 is 1.80 bits per heavy atom. The normalized spacial score (nSPS) is 12.5. The van der Waals surface area contributed by atoms with Crippen LogP contribution in [0, 0.1) is 5.92 Å². The van der Waals surface area contributed by atoms with Gasteiger partial charge in [-0.25, -0.2) is 0 Å². The van der Waals surface area contributed by atoms with E-state index in [9.17, 15) is 8.78 Å². The molecule has 0 aliphatic heterocycles. The Hall–Kier alpha value is -2.87. The number of ether oxygens (including phenoxy) is 3. The van der Waals surface area contributed by atoms with Crippen molar-refractivity contribution in [2.75, 3.05) is 27.3 Å². The van der Waals surface area contributed by atoms with E-state index in [1.54, 1.807) is 19.2 Å². The Kier molecular flexibility index (Phi) is 9.86. The monoisotopic (exact) mass is 421 g/mol. The minimum absolute atomic E-state index is 0.000988. The van der Waals surface area contributed by atoms with Gasteiger partial charge < -0.3 is 24.8 Å². The van der Waals surface area contributed by atoms with Gasteiger partial charge in [0, 0.05) is 20.1 Å². The predicted octanol–water partition coefficient (Wildman–Crippen LogP) is 3.81. The van der Waals surface area contributed by atoms with Gasteiger partial charge in [0.05, 0.1) is 20.3 Å². The van der Waals surface area contributed by atoms with E-state index in [-0.39, 0.29) is 17.4 Å². The number of nitrogens with one attached hydrogen (secondary N) is 2. The first kappa shape index (κ1) is 23.4.